The van der Waals surface area contributed by atoms with Crippen LogP contribution in [0.25, 0.3) is 0 Å². The molecule has 0 atom stereocenters. The zero-order valence-corrected chi connectivity index (χ0v) is 14.3. The summed E-state index contributed by atoms with van der Waals surface area (Å²) < 4.78 is 1.17. The molecule has 0 aliphatic rings. The molecule has 0 aliphatic heterocycles. The molecule has 0 radical (unpaired) electrons. The van der Waals surface area contributed by atoms with Crippen molar-refractivity contribution in [3.05, 3.63) is 26.8 Å². The molecular formula is C15H25IN2O. The summed E-state index contributed by atoms with van der Waals surface area (Å²) in [6, 6.07) is 4.04. The number of aryl methyl sites for hydroxylation is 1. The lowest BCUT2D eigenvalue weighted by atomic mass is 10.1. The van der Waals surface area contributed by atoms with Gasteiger partial charge in [0.15, 0.2) is 0 Å². The minimum Gasteiger partial charge on any atom is -0.507 e. The monoisotopic (exact) mass is 376 g/mol. The van der Waals surface area contributed by atoms with Crippen LogP contribution in [-0.2, 0) is 6.54 Å². The van der Waals surface area contributed by atoms with E-state index in [9.17, 15) is 5.11 Å². The van der Waals surface area contributed by atoms with Gasteiger partial charge in [-0.15, -0.1) is 0 Å². The number of hydrogen-bond acceptors (Lipinski definition) is 3. The summed E-state index contributed by atoms with van der Waals surface area (Å²) in [7, 11) is 0. The number of nitrogens with zero attached hydrogens (tertiary/aromatic N) is 1. The second-order valence-electron chi connectivity index (χ2n) is 4.79. The van der Waals surface area contributed by atoms with Crippen LogP contribution in [0.4, 0.5) is 0 Å². The summed E-state index contributed by atoms with van der Waals surface area (Å²) >= 11 is 2.29. The third-order valence-electron chi connectivity index (χ3n) is 3.38. The Kier molecular flexibility index (Phi) is 7.71. The van der Waals surface area contributed by atoms with Gasteiger partial charge >= 0.3 is 0 Å². The second kappa shape index (κ2) is 8.76. The summed E-state index contributed by atoms with van der Waals surface area (Å²) in [6.45, 7) is 11.4. The molecule has 0 aromatic heterocycles. The summed E-state index contributed by atoms with van der Waals surface area (Å²) in [5, 5.41) is 13.4. The van der Waals surface area contributed by atoms with Crippen molar-refractivity contribution in [3.63, 3.8) is 0 Å². The summed E-state index contributed by atoms with van der Waals surface area (Å²) in [4.78, 5) is 2.43. The van der Waals surface area contributed by atoms with Crippen LogP contribution < -0.4 is 5.32 Å². The van der Waals surface area contributed by atoms with E-state index in [1.807, 2.05) is 19.1 Å². The van der Waals surface area contributed by atoms with E-state index in [0.717, 1.165) is 50.3 Å². The molecule has 3 nitrogen and oxygen atoms in total. The number of phenols is 1. The molecule has 0 spiro atoms. The lowest BCUT2D eigenvalue weighted by Crippen LogP contribution is -2.27. The predicted molar refractivity (Wildman–Crippen MR) is 89.7 cm³/mol. The molecule has 0 saturated heterocycles. The van der Waals surface area contributed by atoms with E-state index in [4.69, 9.17) is 0 Å². The Labute approximate surface area is 130 Å². The number of benzene rings is 1. The van der Waals surface area contributed by atoms with Crippen LogP contribution in [0.1, 0.15) is 31.4 Å². The lowest BCUT2D eigenvalue weighted by Gasteiger charge is -2.17. The highest BCUT2D eigenvalue weighted by atomic mass is 127. The van der Waals surface area contributed by atoms with Crippen molar-refractivity contribution in [1.29, 1.82) is 0 Å². The zero-order chi connectivity index (χ0) is 14.3. The molecule has 0 aliphatic carbocycles. The smallest absolute Gasteiger partial charge is 0.123 e. The number of halogens is 1. The van der Waals surface area contributed by atoms with E-state index >= 15 is 0 Å². The fourth-order valence-corrected chi connectivity index (χ4v) is 2.97. The molecular weight excluding hydrogens is 351 g/mol. The summed E-state index contributed by atoms with van der Waals surface area (Å²) in [5.41, 5.74) is 1.94. The van der Waals surface area contributed by atoms with Gasteiger partial charge in [0.2, 0.25) is 0 Å². The van der Waals surface area contributed by atoms with Crippen molar-refractivity contribution in [1.82, 2.24) is 10.2 Å². The average Bonchev–Trinajstić information content (AvgIpc) is 2.39. The van der Waals surface area contributed by atoms with E-state index in [1.165, 1.54) is 3.57 Å². The topological polar surface area (TPSA) is 35.5 Å². The molecule has 0 fully saturated rings. The molecule has 0 unspecified atom stereocenters. The van der Waals surface area contributed by atoms with Gasteiger partial charge in [-0.3, -0.25) is 0 Å². The van der Waals surface area contributed by atoms with Gasteiger partial charge in [-0.05, 0) is 79.8 Å². The van der Waals surface area contributed by atoms with Crippen molar-refractivity contribution < 1.29 is 5.11 Å². The molecule has 2 N–H and O–H groups in total. The highest BCUT2D eigenvalue weighted by molar-refractivity contribution is 14.1. The first kappa shape index (κ1) is 16.7. The number of nitrogens with one attached hydrogen (secondary N) is 1. The van der Waals surface area contributed by atoms with Crippen LogP contribution in [-0.4, -0.2) is 36.2 Å². The average molecular weight is 376 g/mol. The van der Waals surface area contributed by atoms with Crippen molar-refractivity contribution in [2.24, 2.45) is 0 Å². The first-order valence-electron chi connectivity index (χ1n) is 6.99. The van der Waals surface area contributed by atoms with Gasteiger partial charge in [0.1, 0.15) is 5.75 Å². The van der Waals surface area contributed by atoms with Crippen LogP contribution in [0.2, 0.25) is 0 Å². The fraction of sp³-hybridized carbons (Fsp3) is 0.600. The minimum absolute atomic E-state index is 0.427. The quantitative estimate of drug-likeness (QED) is 0.541. The predicted octanol–water partition coefficient (Wildman–Crippen LogP) is 3.13. The maximum absolute atomic E-state index is 9.99. The van der Waals surface area contributed by atoms with Crippen molar-refractivity contribution in [3.8, 4) is 5.75 Å². The second-order valence-corrected chi connectivity index (χ2v) is 6.03. The van der Waals surface area contributed by atoms with Crippen LogP contribution in [0, 0.1) is 10.5 Å². The maximum Gasteiger partial charge on any atom is 0.123 e. The molecule has 0 bridgehead atoms. The molecule has 19 heavy (non-hydrogen) atoms. The Hall–Kier alpha value is -0.330. The molecule has 1 aromatic rings. The van der Waals surface area contributed by atoms with Crippen LogP contribution in [0.5, 0.6) is 5.75 Å². The normalized spacial score (nSPS) is 11.2. The molecule has 0 amide bonds. The zero-order valence-electron chi connectivity index (χ0n) is 12.2. The third-order valence-corrected chi connectivity index (χ3v) is 4.00. The van der Waals surface area contributed by atoms with Gasteiger partial charge in [-0.1, -0.05) is 13.8 Å². The van der Waals surface area contributed by atoms with Crippen molar-refractivity contribution in [2.45, 2.75) is 33.7 Å². The van der Waals surface area contributed by atoms with Crippen molar-refractivity contribution in [2.75, 3.05) is 26.2 Å². The Bertz CT molecular complexity index is 392. The van der Waals surface area contributed by atoms with E-state index in [0.29, 0.717) is 5.75 Å². The highest BCUT2D eigenvalue weighted by Crippen LogP contribution is 2.24. The summed E-state index contributed by atoms with van der Waals surface area (Å²) in [5.74, 6) is 0.427. The number of aromatic hydroxyl groups is 1. The van der Waals surface area contributed by atoms with Crippen LogP contribution >= 0.6 is 22.6 Å². The SMILES string of the molecule is CCN(CC)CCCNCc1cc(I)cc(C)c1O. The number of phenolic OH excluding ortho intramolecular Hbond substituents is 1. The number of rotatable bonds is 8. The Morgan fingerprint density at radius 3 is 2.58 bits per heavy atom. The third kappa shape index (κ3) is 5.67. The first-order chi connectivity index (χ1) is 9.08. The van der Waals surface area contributed by atoms with Crippen LogP contribution in [0.3, 0.4) is 0 Å². The van der Waals surface area contributed by atoms with Gasteiger partial charge in [0.25, 0.3) is 0 Å². The highest BCUT2D eigenvalue weighted by Gasteiger charge is 2.05. The van der Waals surface area contributed by atoms with E-state index in [-0.39, 0.29) is 0 Å². The van der Waals surface area contributed by atoms with E-state index in [1.54, 1.807) is 0 Å². The molecule has 1 aromatic carbocycles. The van der Waals surface area contributed by atoms with Crippen molar-refractivity contribution >= 4 is 22.6 Å². The summed E-state index contributed by atoms with van der Waals surface area (Å²) in [6.07, 6.45) is 1.14. The number of hydrogen-bond donors (Lipinski definition) is 2. The molecule has 4 heteroatoms. The van der Waals surface area contributed by atoms with Gasteiger partial charge in [-0.2, -0.15) is 0 Å². The Morgan fingerprint density at radius 1 is 1.26 bits per heavy atom. The largest absolute Gasteiger partial charge is 0.507 e. The molecule has 1 rings (SSSR count). The lowest BCUT2D eigenvalue weighted by molar-refractivity contribution is 0.298. The van der Waals surface area contributed by atoms with Crippen LogP contribution in [0.15, 0.2) is 12.1 Å². The first-order valence-corrected chi connectivity index (χ1v) is 8.07. The standard InChI is InChI=1S/C15H25IN2O/c1-4-18(5-2)8-6-7-17-11-13-10-14(16)9-12(3)15(13)19/h9-10,17,19H,4-8,11H2,1-3H3. The van der Waals surface area contributed by atoms with Gasteiger partial charge in [0, 0.05) is 15.7 Å². The minimum atomic E-state index is 0.427. The van der Waals surface area contributed by atoms with Gasteiger partial charge < -0.3 is 15.3 Å². The Balaban J connectivity index is 2.34. The Morgan fingerprint density at radius 2 is 1.95 bits per heavy atom. The maximum atomic E-state index is 9.99. The molecule has 0 heterocycles. The van der Waals surface area contributed by atoms with E-state index < -0.39 is 0 Å². The van der Waals surface area contributed by atoms with E-state index in [2.05, 4.69) is 46.7 Å². The molecule has 0 saturated carbocycles. The van der Waals surface area contributed by atoms with Gasteiger partial charge in [0.05, 0.1) is 0 Å². The van der Waals surface area contributed by atoms with Gasteiger partial charge in [-0.25, -0.2) is 0 Å². The fourth-order valence-electron chi connectivity index (χ4n) is 2.13. The molecule has 108 valence electrons.